The first-order valence-electron chi connectivity index (χ1n) is 8.72. The number of hydrogen-bond acceptors (Lipinski definition) is 3. The van der Waals surface area contributed by atoms with Gasteiger partial charge in [-0.05, 0) is 37.1 Å². The summed E-state index contributed by atoms with van der Waals surface area (Å²) in [5.41, 5.74) is 3.07. The molecule has 0 aliphatic carbocycles. The number of amides is 2. The summed E-state index contributed by atoms with van der Waals surface area (Å²) in [5, 5.41) is 14.7. The number of aryl methyl sites for hydroxylation is 1. The average Bonchev–Trinajstić information content (AvgIpc) is 2.60. The third-order valence-corrected chi connectivity index (χ3v) is 4.29. The average molecular weight is 368 g/mol. The molecule has 0 aliphatic heterocycles. The summed E-state index contributed by atoms with van der Waals surface area (Å²) in [6.07, 6.45) is 0.0708. The summed E-state index contributed by atoms with van der Waals surface area (Å²) in [5.74, 6) is -2.08. The zero-order valence-corrected chi connectivity index (χ0v) is 15.7. The molecule has 6 heteroatoms. The van der Waals surface area contributed by atoms with E-state index in [4.69, 9.17) is 5.11 Å². The summed E-state index contributed by atoms with van der Waals surface area (Å²) in [7, 11) is 0. The second kappa shape index (κ2) is 8.98. The van der Waals surface area contributed by atoms with Gasteiger partial charge in [-0.1, -0.05) is 42.0 Å². The van der Waals surface area contributed by atoms with Crippen LogP contribution in [0.15, 0.2) is 48.5 Å². The Bertz CT molecular complexity index is 830. The number of carboxylic acid groups (broad SMARTS) is 1. The Labute approximate surface area is 158 Å². The highest BCUT2D eigenvalue weighted by Gasteiger charge is 2.18. The van der Waals surface area contributed by atoms with Crippen LogP contribution in [-0.4, -0.2) is 22.9 Å². The van der Waals surface area contributed by atoms with Gasteiger partial charge in [0.05, 0.1) is 18.4 Å². The molecule has 2 amide bonds. The summed E-state index contributed by atoms with van der Waals surface area (Å²) >= 11 is 0. The number of anilines is 1. The van der Waals surface area contributed by atoms with Crippen molar-refractivity contribution < 1.29 is 19.5 Å². The van der Waals surface area contributed by atoms with Crippen molar-refractivity contribution in [2.75, 3.05) is 5.32 Å². The Morgan fingerprint density at radius 1 is 1.04 bits per heavy atom. The molecule has 3 N–H and O–H groups in total. The molecule has 2 atom stereocenters. The van der Waals surface area contributed by atoms with Crippen molar-refractivity contribution in [3.63, 3.8) is 0 Å². The minimum absolute atomic E-state index is 0.0708. The fraction of sp³-hybridized carbons (Fsp3) is 0.286. The van der Waals surface area contributed by atoms with E-state index >= 15 is 0 Å². The third kappa shape index (κ3) is 5.95. The minimum Gasteiger partial charge on any atom is -0.481 e. The normalized spacial score (nSPS) is 12.7. The Morgan fingerprint density at radius 2 is 1.70 bits per heavy atom. The smallest absolute Gasteiger partial charge is 0.310 e. The van der Waals surface area contributed by atoms with Crippen LogP contribution in [-0.2, 0) is 14.4 Å². The minimum atomic E-state index is -0.927. The van der Waals surface area contributed by atoms with Gasteiger partial charge in [0.1, 0.15) is 0 Å². The number of aliphatic carboxylic acids is 1. The van der Waals surface area contributed by atoms with E-state index in [9.17, 15) is 14.4 Å². The second-order valence-corrected chi connectivity index (χ2v) is 6.60. The second-order valence-electron chi connectivity index (χ2n) is 6.60. The van der Waals surface area contributed by atoms with Crippen LogP contribution in [0, 0.1) is 6.92 Å². The zero-order valence-electron chi connectivity index (χ0n) is 15.7. The van der Waals surface area contributed by atoms with Crippen LogP contribution >= 0.6 is 0 Å². The van der Waals surface area contributed by atoms with E-state index in [0.717, 1.165) is 11.1 Å². The Balaban J connectivity index is 2.11. The van der Waals surface area contributed by atoms with E-state index in [-0.39, 0.29) is 18.2 Å². The monoisotopic (exact) mass is 368 g/mol. The maximum absolute atomic E-state index is 12.5. The molecule has 0 saturated carbocycles. The molecular weight excluding hydrogens is 344 g/mol. The molecule has 0 aromatic heterocycles. The van der Waals surface area contributed by atoms with Crippen molar-refractivity contribution >= 4 is 23.5 Å². The number of benzene rings is 2. The maximum Gasteiger partial charge on any atom is 0.310 e. The number of hydrogen-bond donors (Lipinski definition) is 3. The molecule has 0 bridgehead atoms. The van der Waals surface area contributed by atoms with Crippen LogP contribution in [0.3, 0.4) is 0 Å². The first-order valence-corrected chi connectivity index (χ1v) is 8.72. The molecule has 0 aliphatic rings. The van der Waals surface area contributed by atoms with Crippen LogP contribution in [0.5, 0.6) is 0 Å². The predicted molar refractivity (Wildman–Crippen MR) is 103 cm³/mol. The van der Waals surface area contributed by atoms with Gasteiger partial charge in [-0.15, -0.1) is 0 Å². The molecule has 27 heavy (non-hydrogen) atoms. The van der Waals surface area contributed by atoms with E-state index in [1.807, 2.05) is 31.2 Å². The summed E-state index contributed by atoms with van der Waals surface area (Å²) in [6, 6.07) is 14.0. The number of carbonyl (C=O) groups is 3. The quantitative estimate of drug-likeness (QED) is 0.698. The molecule has 0 saturated heterocycles. The molecule has 0 heterocycles. The van der Waals surface area contributed by atoms with E-state index in [1.165, 1.54) is 6.92 Å². The van der Waals surface area contributed by atoms with Crippen molar-refractivity contribution in [3.05, 3.63) is 65.2 Å². The van der Waals surface area contributed by atoms with E-state index in [1.54, 1.807) is 31.2 Å². The lowest BCUT2D eigenvalue weighted by Crippen LogP contribution is -2.29. The molecule has 0 radical (unpaired) electrons. The summed E-state index contributed by atoms with van der Waals surface area (Å²) in [4.78, 5) is 35.1. The van der Waals surface area contributed by atoms with Crippen LogP contribution in [0.4, 0.5) is 5.69 Å². The SMILES string of the molecule is CC(=O)NC(CC(=O)Nc1cccc(C(C)C(=O)O)c1)c1ccc(C)cc1. The Hall–Kier alpha value is -3.15. The standard InChI is InChI=1S/C21H24N2O4/c1-13-7-9-16(10-8-13)19(22-15(3)24)12-20(25)23-18-6-4-5-17(11-18)14(2)21(26)27/h4-11,14,19H,12H2,1-3H3,(H,22,24)(H,23,25)(H,26,27). The van der Waals surface area contributed by atoms with Gasteiger partial charge in [-0.2, -0.15) is 0 Å². The van der Waals surface area contributed by atoms with Crippen LogP contribution in [0.25, 0.3) is 0 Å². The Kier molecular flexibility index (Phi) is 6.71. The fourth-order valence-corrected chi connectivity index (χ4v) is 2.72. The molecule has 2 unspecified atom stereocenters. The number of nitrogens with one attached hydrogen (secondary N) is 2. The lowest BCUT2D eigenvalue weighted by atomic mass is 10.0. The highest BCUT2D eigenvalue weighted by atomic mass is 16.4. The summed E-state index contributed by atoms with van der Waals surface area (Å²) < 4.78 is 0. The van der Waals surface area contributed by atoms with E-state index in [2.05, 4.69) is 10.6 Å². The van der Waals surface area contributed by atoms with Crippen molar-refractivity contribution in [1.82, 2.24) is 5.32 Å². The molecule has 6 nitrogen and oxygen atoms in total. The molecular formula is C21H24N2O4. The topological polar surface area (TPSA) is 95.5 Å². The van der Waals surface area contributed by atoms with E-state index < -0.39 is 17.9 Å². The Morgan fingerprint density at radius 3 is 2.30 bits per heavy atom. The van der Waals surface area contributed by atoms with Crippen molar-refractivity contribution in [3.8, 4) is 0 Å². The first kappa shape index (κ1) is 20.2. The molecule has 2 aromatic carbocycles. The van der Waals surface area contributed by atoms with Crippen molar-refractivity contribution in [1.29, 1.82) is 0 Å². The predicted octanol–water partition coefficient (Wildman–Crippen LogP) is 3.39. The van der Waals surface area contributed by atoms with Gasteiger partial charge in [0.25, 0.3) is 0 Å². The fourth-order valence-electron chi connectivity index (χ4n) is 2.72. The number of carbonyl (C=O) groups excluding carboxylic acids is 2. The molecule has 142 valence electrons. The maximum atomic E-state index is 12.5. The number of carboxylic acids is 1. The van der Waals surface area contributed by atoms with Crippen molar-refractivity contribution in [2.45, 2.75) is 39.2 Å². The van der Waals surface area contributed by atoms with Gasteiger partial charge < -0.3 is 15.7 Å². The molecule has 2 rings (SSSR count). The lowest BCUT2D eigenvalue weighted by molar-refractivity contribution is -0.138. The largest absolute Gasteiger partial charge is 0.481 e. The van der Waals surface area contributed by atoms with Crippen molar-refractivity contribution in [2.24, 2.45) is 0 Å². The zero-order chi connectivity index (χ0) is 20.0. The van der Waals surface area contributed by atoms with Gasteiger partial charge in [-0.25, -0.2) is 0 Å². The van der Waals surface area contributed by atoms with Crippen LogP contribution in [0.1, 0.15) is 48.9 Å². The van der Waals surface area contributed by atoms with E-state index in [0.29, 0.717) is 11.3 Å². The van der Waals surface area contributed by atoms with Gasteiger partial charge in [-0.3, -0.25) is 14.4 Å². The van der Waals surface area contributed by atoms with Crippen LogP contribution < -0.4 is 10.6 Å². The highest BCUT2D eigenvalue weighted by molar-refractivity contribution is 5.92. The molecule has 0 spiro atoms. The molecule has 2 aromatic rings. The lowest BCUT2D eigenvalue weighted by Gasteiger charge is -2.18. The van der Waals surface area contributed by atoms with Gasteiger partial charge in [0, 0.05) is 12.6 Å². The first-order chi connectivity index (χ1) is 12.8. The highest BCUT2D eigenvalue weighted by Crippen LogP contribution is 2.22. The molecule has 0 fully saturated rings. The number of rotatable bonds is 7. The van der Waals surface area contributed by atoms with Crippen LogP contribution in [0.2, 0.25) is 0 Å². The van der Waals surface area contributed by atoms with Gasteiger partial charge in [0.2, 0.25) is 11.8 Å². The van der Waals surface area contributed by atoms with Gasteiger partial charge in [0.15, 0.2) is 0 Å². The summed E-state index contributed by atoms with van der Waals surface area (Å²) in [6.45, 7) is 4.97. The van der Waals surface area contributed by atoms with Gasteiger partial charge >= 0.3 is 5.97 Å². The third-order valence-electron chi connectivity index (χ3n) is 4.29.